The lowest BCUT2D eigenvalue weighted by Gasteiger charge is -2.14. The van der Waals surface area contributed by atoms with E-state index in [4.69, 9.17) is 10.00 Å². The summed E-state index contributed by atoms with van der Waals surface area (Å²) in [5.74, 6) is 0. The van der Waals surface area contributed by atoms with Crippen molar-refractivity contribution in [3.63, 3.8) is 0 Å². The highest BCUT2D eigenvalue weighted by atomic mass is 32.2. The van der Waals surface area contributed by atoms with Crippen LogP contribution in [0.1, 0.15) is 19.3 Å². The van der Waals surface area contributed by atoms with E-state index in [1.54, 1.807) is 0 Å². The van der Waals surface area contributed by atoms with E-state index in [9.17, 15) is 0 Å². The number of hydrogen-bond acceptors (Lipinski definition) is 4. The molecule has 0 radical (unpaired) electrons. The molecule has 76 valence electrons. The molecule has 4 nitrogen and oxygen atoms in total. The SMILES string of the molecule is CSC(=NC1CC2CCC1O2)NC#N. The van der Waals surface area contributed by atoms with Crippen LogP contribution in [0.4, 0.5) is 0 Å². The summed E-state index contributed by atoms with van der Waals surface area (Å²) in [4.78, 5) is 4.49. The van der Waals surface area contributed by atoms with Crippen LogP contribution in [0.3, 0.4) is 0 Å². The third kappa shape index (κ3) is 1.86. The van der Waals surface area contributed by atoms with Crippen LogP contribution < -0.4 is 5.32 Å². The van der Waals surface area contributed by atoms with Crippen LogP contribution in [0.2, 0.25) is 0 Å². The molecule has 2 bridgehead atoms. The van der Waals surface area contributed by atoms with E-state index in [2.05, 4.69) is 10.3 Å². The topological polar surface area (TPSA) is 57.4 Å². The van der Waals surface area contributed by atoms with Crippen LogP contribution in [0.15, 0.2) is 4.99 Å². The second kappa shape index (κ2) is 4.20. The lowest BCUT2D eigenvalue weighted by molar-refractivity contribution is 0.101. The zero-order valence-electron chi connectivity index (χ0n) is 8.06. The minimum Gasteiger partial charge on any atom is -0.373 e. The number of ether oxygens (including phenoxy) is 1. The second-order valence-electron chi connectivity index (χ2n) is 3.55. The van der Waals surface area contributed by atoms with E-state index in [0.29, 0.717) is 17.4 Å². The van der Waals surface area contributed by atoms with Crippen LogP contribution in [-0.2, 0) is 4.74 Å². The quantitative estimate of drug-likeness (QED) is 0.305. The summed E-state index contributed by atoms with van der Waals surface area (Å²) < 4.78 is 5.68. The molecular weight excluding hydrogens is 198 g/mol. The van der Waals surface area contributed by atoms with Gasteiger partial charge in [-0.1, -0.05) is 11.8 Å². The molecule has 3 atom stereocenters. The van der Waals surface area contributed by atoms with Gasteiger partial charge >= 0.3 is 0 Å². The Bertz CT molecular complexity index is 286. The molecule has 2 aliphatic heterocycles. The molecule has 2 aliphatic rings. The molecule has 0 aromatic heterocycles. The Labute approximate surface area is 87.7 Å². The summed E-state index contributed by atoms with van der Waals surface area (Å²) in [5.41, 5.74) is 0. The number of aliphatic imine (C=N–C) groups is 1. The van der Waals surface area contributed by atoms with Gasteiger partial charge in [-0.15, -0.1) is 0 Å². The van der Waals surface area contributed by atoms with Crippen molar-refractivity contribution >= 4 is 16.9 Å². The van der Waals surface area contributed by atoms with Crippen LogP contribution in [0.5, 0.6) is 0 Å². The predicted molar refractivity (Wildman–Crippen MR) is 56.0 cm³/mol. The maximum atomic E-state index is 8.49. The molecule has 5 heteroatoms. The summed E-state index contributed by atoms with van der Waals surface area (Å²) in [7, 11) is 0. The first-order chi connectivity index (χ1) is 6.83. The summed E-state index contributed by atoms with van der Waals surface area (Å²) >= 11 is 1.47. The second-order valence-corrected chi connectivity index (χ2v) is 4.35. The van der Waals surface area contributed by atoms with Crippen molar-refractivity contribution < 1.29 is 4.74 Å². The van der Waals surface area contributed by atoms with E-state index in [-0.39, 0.29) is 6.04 Å². The van der Waals surface area contributed by atoms with Gasteiger partial charge < -0.3 is 4.74 Å². The number of nitriles is 1. The summed E-state index contributed by atoms with van der Waals surface area (Å²) in [6, 6.07) is 0.261. The molecule has 2 heterocycles. The van der Waals surface area contributed by atoms with Crippen LogP contribution in [-0.4, -0.2) is 29.7 Å². The smallest absolute Gasteiger partial charge is 0.183 e. The first-order valence-electron chi connectivity index (χ1n) is 4.76. The normalized spacial score (nSPS) is 35.7. The molecule has 3 unspecified atom stereocenters. The Morgan fingerprint density at radius 3 is 3.00 bits per heavy atom. The number of fused-ring (bicyclic) bond motifs is 2. The van der Waals surface area contributed by atoms with Gasteiger partial charge in [-0.3, -0.25) is 10.3 Å². The molecule has 0 saturated carbocycles. The molecule has 2 rings (SSSR count). The van der Waals surface area contributed by atoms with Gasteiger partial charge in [-0.2, -0.15) is 5.26 Å². The van der Waals surface area contributed by atoms with E-state index in [1.165, 1.54) is 18.2 Å². The van der Waals surface area contributed by atoms with Gasteiger partial charge in [0.25, 0.3) is 0 Å². The van der Waals surface area contributed by atoms with Crippen molar-refractivity contribution in [2.45, 2.75) is 37.5 Å². The highest BCUT2D eigenvalue weighted by Gasteiger charge is 2.40. The molecular formula is C9H13N3OS. The molecule has 2 fully saturated rings. The van der Waals surface area contributed by atoms with Crippen molar-refractivity contribution in [1.82, 2.24) is 5.32 Å². The summed E-state index contributed by atoms with van der Waals surface area (Å²) in [6.45, 7) is 0. The number of hydrogen-bond donors (Lipinski definition) is 1. The Morgan fingerprint density at radius 2 is 2.50 bits per heavy atom. The average molecular weight is 211 g/mol. The third-order valence-electron chi connectivity index (χ3n) is 2.71. The van der Waals surface area contributed by atoms with Gasteiger partial charge in [0, 0.05) is 0 Å². The van der Waals surface area contributed by atoms with Gasteiger partial charge in [-0.25, -0.2) is 0 Å². The number of rotatable bonds is 1. The largest absolute Gasteiger partial charge is 0.373 e. The lowest BCUT2D eigenvalue weighted by Crippen LogP contribution is -2.24. The van der Waals surface area contributed by atoms with Gasteiger partial charge in [0.15, 0.2) is 11.4 Å². The maximum Gasteiger partial charge on any atom is 0.183 e. The molecule has 0 spiro atoms. The Balaban J connectivity index is 1.99. The van der Waals surface area contributed by atoms with Crippen LogP contribution in [0.25, 0.3) is 0 Å². The molecule has 0 aromatic rings. The first kappa shape index (κ1) is 9.81. The number of amidine groups is 1. The molecule has 1 N–H and O–H groups in total. The fraction of sp³-hybridized carbons (Fsp3) is 0.778. The number of thioether (sulfide) groups is 1. The fourth-order valence-electron chi connectivity index (χ4n) is 2.08. The molecule has 0 aliphatic carbocycles. The number of nitrogens with zero attached hydrogens (tertiary/aromatic N) is 2. The molecule has 2 saturated heterocycles. The number of nitrogens with one attached hydrogen (secondary N) is 1. The molecule has 14 heavy (non-hydrogen) atoms. The van der Waals surface area contributed by atoms with Crippen LogP contribution in [0, 0.1) is 11.5 Å². The van der Waals surface area contributed by atoms with E-state index >= 15 is 0 Å². The standard InChI is InChI=1S/C9H13N3OS/c1-14-9(11-5-10)12-7-4-6-2-3-8(7)13-6/h6-8H,2-4H2,1H3,(H,11,12). The highest BCUT2D eigenvalue weighted by Crippen LogP contribution is 2.36. The minimum absolute atomic E-state index is 0.261. The minimum atomic E-state index is 0.261. The fourth-order valence-corrected chi connectivity index (χ4v) is 2.47. The van der Waals surface area contributed by atoms with E-state index in [1.807, 2.05) is 12.4 Å². The predicted octanol–water partition coefficient (Wildman–Crippen LogP) is 1.10. The maximum absolute atomic E-state index is 8.49. The van der Waals surface area contributed by atoms with Crippen molar-refractivity contribution in [3.05, 3.63) is 0 Å². The third-order valence-corrected chi connectivity index (χ3v) is 3.31. The molecule has 0 aromatic carbocycles. The zero-order chi connectivity index (χ0) is 9.97. The van der Waals surface area contributed by atoms with Gasteiger partial charge in [0.05, 0.1) is 18.2 Å². The van der Waals surface area contributed by atoms with Gasteiger partial charge in [0.2, 0.25) is 0 Å². The van der Waals surface area contributed by atoms with Crippen molar-refractivity contribution in [2.75, 3.05) is 6.26 Å². The summed E-state index contributed by atoms with van der Waals surface area (Å²) in [6.07, 6.45) is 7.83. The average Bonchev–Trinajstić information content (AvgIpc) is 2.78. The summed E-state index contributed by atoms with van der Waals surface area (Å²) in [5, 5.41) is 11.8. The van der Waals surface area contributed by atoms with Gasteiger partial charge in [-0.05, 0) is 25.5 Å². The van der Waals surface area contributed by atoms with E-state index in [0.717, 1.165) is 12.8 Å². The molecule has 0 amide bonds. The van der Waals surface area contributed by atoms with Crippen LogP contribution >= 0.6 is 11.8 Å². The van der Waals surface area contributed by atoms with E-state index < -0.39 is 0 Å². The highest BCUT2D eigenvalue weighted by molar-refractivity contribution is 8.13. The van der Waals surface area contributed by atoms with Crippen molar-refractivity contribution in [3.8, 4) is 6.19 Å². The monoisotopic (exact) mass is 211 g/mol. The van der Waals surface area contributed by atoms with Gasteiger partial charge in [0.1, 0.15) is 0 Å². The van der Waals surface area contributed by atoms with Crippen molar-refractivity contribution in [2.24, 2.45) is 4.99 Å². The Hall–Kier alpha value is -0.730. The lowest BCUT2D eigenvalue weighted by atomic mass is 9.96. The Kier molecular flexibility index (Phi) is 2.94. The Morgan fingerprint density at radius 1 is 1.64 bits per heavy atom. The first-order valence-corrected chi connectivity index (χ1v) is 5.98. The van der Waals surface area contributed by atoms with Crippen molar-refractivity contribution in [1.29, 1.82) is 5.26 Å². The zero-order valence-corrected chi connectivity index (χ0v) is 8.88.